The molecule has 0 amide bonds. The molecule has 2 fully saturated rings. The van der Waals surface area contributed by atoms with Gasteiger partial charge in [0.2, 0.25) is 0 Å². The van der Waals surface area contributed by atoms with Crippen molar-refractivity contribution in [2.45, 2.75) is 22.8 Å². The summed E-state index contributed by atoms with van der Waals surface area (Å²) < 4.78 is 5.62. The molecule has 0 saturated heterocycles. The second kappa shape index (κ2) is 5.57. The number of carbonyl (C=O) groups is 1. The van der Waals surface area contributed by atoms with Crippen molar-refractivity contribution in [2.75, 3.05) is 7.11 Å². The summed E-state index contributed by atoms with van der Waals surface area (Å²) in [5.41, 5.74) is 1.64. The van der Waals surface area contributed by atoms with Gasteiger partial charge in [-0.15, -0.1) is 0 Å². The molecular weight excluding hydrogens is 352 g/mol. The van der Waals surface area contributed by atoms with E-state index in [-0.39, 0.29) is 22.8 Å². The highest BCUT2D eigenvalue weighted by molar-refractivity contribution is 9.09. The fraction of sp³-hybridized carbons (Fsp3) is 0.350. The van der Waals surface area contributed by atoms with Crippen LogP contribution in [0.25, 0.3) is 0 Å². The summed E-state index contributed by atoms with van der Waals surface area (Å²) in [5, 5.41) is 0. The largest absolute Gasteiger partial charge is 0.380 e. The molecule has 2 aromatic rings. The molecule has 2 nitrogen and oxygen atoms in total. The number of carbonyl (C=O) groups excluding carboxylic acids is 1. The number of methoxy groups -OCH3 is 1. The molecule has 4 atom stereocenters. The van der Waals surface area contributed by atoms with Gasteiger partial charge in [-0.05, 0) is 17.5 Å². The number of halogens is 1. The van der Waals surface area contributed by atoms with Gasteiger partial charge < -0.3 is 4.74 Å². The normalized spacial score (nSPS) is 31.5. The Hall–Kier alpha value is -1.45. The number of ketones is 1. The maximum Gasteiger partial charge on any atom is 0.151 e. The second-order valence-electron chi connectivity index (χ2n) is 6.49. The molecule has 0 spiro atoms. The topological polar surface area (TPSA) is 26.3 Å². The third-order valence-corrected chi connectivity index (χ3v) is 6.76. The zero-order valence-electron chi connectivity index (χ0n) is 13.0. The van der Waals surface area contributed by atoms with Gasteiger partial charge in [-0.25, -0.2) is 0 Å². The summed E-state index contributed by atoms with van der Waals surface area (Å²) >= 11 is 3.84. The molecule has 2 aromatic carbocycles. The van der Waals surface area contributed by atoms with Crippen molar-refractivity contribution in [1.29, 1.82) is 0 Å². The highest BCUT2D eigenvalue weighted by Crippen LogP contribution is 2.62. The molecule has 0 bridgehead atoms. The molecule has 2 saturated carbocycles. The van der Waals surface area contributed by atoms with Gasteiger partial charge in [-0.1, -0.05) is 76.6 Å². The summed E-state index contributed by atoms with van der Waals surface area (Å²) in [6, 6.07) is 20.4. The quantitative estimate of drug-likeness (QED) is 0.764. The van der Waals surface area contributed by atoms with Crippen LogP contribution in [0, 0.1) is 11.8 Å². The molecule has 2 aliphatic carbocycles. The molecule has 3 heteroatoms. The Balaban J connectivity index is 1.90. The lowest BCUT2D eigenvalue weighted by atomic mass is 9.48. The van der Waals surface area contributed by atoms with Crippen molar-refractivity contribution < 1.29 is 9.53 Å². The fourth-order valence-electron chi connectivity index (χ4n) is 4.62. The lowest BCUT2D eigenvalue weighted by Crippen LogP contribution is -2.61. The van der Waals surface area contributed by atoms with Crippen molar-refractivity contribution in [3.63, 3.8) is 0 Å². The van der Waals surface area contributed by atoms with Crippen LogP contribution in [0.4, 0.5) is 0 Å². The minimum atomic E-state index is -0.547. The first-order valence-electron chi connectivity index (χ1n) is 8.03. The van der Waals surface area contributed by atoms with Crippen molar-refractivity contribution in [2.24, 2.45) is 11.8 Å². The first-order chi connectivity index (χ1) is 11.2. The van der Waals surface area contributed by atoms with Crippen LogP contribution >= 0.6 is 15.9 Å². The average Bonchev–Trinajstić information content (AvgIpc) is 2.91. The molecular formula is C20H19BrO2. The average molecular weight is 371 g/mol. The first kappa shape index (κ1) is 15.1. The molecule has 0 radical (unpaired) electrons. The van der Waals surface area contributed by atoms with Crippen LogP contribution in [0.15, 0.2) is 60.7 Å². The molecule has 0 heterocycles. The number of hydrogen-bond acceptors (Lipinski definition) is 2. The van der Waals surface area contributed by atoms with E-state index in [2.05, 4.69) is 40.2 Å². The predicted molar refractivity (Wildman–Crippen MR) is 93.8 cm³/mol. The number of rotatable bonds is 3. The van der Waals surface area contributed by atoms with E-state index in [0.717, 1.165) is 17.5 Å². The van der Waals surface area contributed by atoms with E-state index in [1.54, 1.807) is 7.11 Å². The smallest absolute Gasteiger partial charge is 0.151 e. The lowest BCUT2D eigenvalue weighted by molar-refractivity contribution is -0.141. The maximum atomic E-state index is 13.3. The third-order valence-electron chi connectivity index (χ3n) is 5.60. The summed E-state index contributed by atoms with van der Waals surface area (Å²) in [5.74, 6) is 0.665. The highest BCUT2D eigenvalue weighted by atomic mass is 79.9. The van der Waals surface area contributed by atoms with E-state index in [1.165, 1.54) is 0 Å². The Morgan fingerprint density at radius 1 is 1.00 bits per heavy atom. The van der Waals surface area contributed by atoms with Crippen molar-refractivity contribution in [3.8, 4) is 0 Å². The summed E-state index contributed by atoms with van der Waals surface area (Å²) in [4.78, 5) is 13.5. The van der Waals surface area contributed by atoms with Gasteiger partial charge >= 0.3 is 0 Å². The van der Waals surface area contributed by atoms with Gasteiger partial charge in [-0.3, -0.25) is 4.79 Å². The van der Waals surface area contributed by atoms with E-state index in [0.29, 0.717) is 5.78 Å². The zero-order valence-corrected chi connectivity index (χ0v) is 14.6. The molecule has 0 aliphatic heterocycles. The van der Waals surface area contributed by atoms with E-state index >= 15 is 0 Å². The van der Waals surface area contributed by atoms with Gasteiger partial charge in [0.25, 0.3) is 0 Å². The number of Topliss-reactive ketones (excluding diaryl/α,β-unsaturated/α-hetero) is 1. The van der Waals surface area contributed by atoms with E-state index < -0.39 is 5.41 Å². The molecule has 23 heavy (non-hydrogen) atoms. The van der Waals surface area contributed by atoms with Crippen molar-refractivity contribution in [3.05, 3.63) is 71.8 Å². The van der Waals surface area contributed by atoms with Gasteiger partial charge in [0.15, 0.2) is 5.78 Å². The lowest BCUT2D eigenvalue weighted by Gasteiger charge is -2.52. The van der Waals surface area contributed by atoms with Gasteiger partial charge in [0.1, 0.15) is 0 Å². The third kappa shape index (κ3) is 1.93. The van der Waals surface area contributed by atoms with Crippen molar-refractivity contribution >= 4 is 21.7 Å². The molecule has 118 valence electrons. The Morgan fingerprint density at radius 3 is 2.00 bits per heavy atom. The molecule has 4 unspecified atom stereocenters. The van der Waals surface area contributed by atoms with E-state index in [4.69, 9.17) is 4.74 Å². The predicted octanol–water partition coefficient (Wildman–Crippen LogP) is 3.97. The molecule has 4 rings (SSSR count). The standard InChI is InChI=1S/C20H19BrO2/c1-23-16-12-15-17(18(16)21)20(19(15)22,13-8-4-2-5-9-13)14-10-6-3-7-11-14/h2-11,15-18H,12H2,1H3. The highest BCUT2D eigenvalue weighted by Gasteiger charge is 2.69. The summed E-state index contributed by atoms with van der Waals surface area (Å²) in [6.45, 7) is 0. The Labute approximate surface area is 145 Å². The summed E-state index contributed by atoms with van der Waals surface area (Å²) in [6.07, 6.45) is 0.917. The van der Waals surface area contributed by atoms with Crippen LogP contribution in [0.1, 0.15) is 17.5 Å². The van der Waals surface area contributed by atoms with Crippen LogP contribution in [0.3, 0.4) is 0 Å². The number of alkyl halides is 1. The molecule has 2 aliphatic rings. The minimum Gasteiger partial charge on any atom is -0.380 e. The van der Waals surface area contributed by atoms with Crippen LogP contribution in [-0.4, -0.2) is 23.8 Å². The van der Waals surface area contributed by atoms with Gasteiger partial charge in [0.05, 0.1) is 11.5 Å². The molecule has 0 aromatic heterocycles. The van der Waals surface area contributed by atoms with Crippen LogP contribution in [0.5, 0.6) is 0 Å². The second-order valence-corrected chi connectivity index (χ2v) is 7.55. The monoisotopic (exact) mass is 370 g/mol. The van der Waals surface area contributed by atoms with Crippen LogP contribution < -0.4 is 0 Å². The van der Waals surface area contributed by atoms with E-state index in [9.17, 15) is 4.79 Å². The minimum absolute atomic E-state index is 0.0877. The zero-order chi connectivity index (χ0) is 16.0. The summed E-state index contributed by atoms with van der Waals surface area (Å²) in [7, 11) is 1.74. The number of ether oxygens (including phenoxy) is 1. The van der Waals surface area contributed by atoms with Gasteiger partial charge in [-0.2, -0.15) is 0 Å². The SMILES string of the molecule is COC1CC2C(=O)C(c3ccccc3)(c3ccccc3)C2C1Br. The van der Waals surface area contributed by atoms with Crippen LogP contribution in [0.2, 0.25) is 0 Å². The maximum absolute atomic E-state index is 13.3. The Kier molecular flexibility index (Phi) is 3.66. The fourth-order valence-corrected chi connectivity index (χ4v) is 5.81. The number of benzene rings is 2. The molecule has 0 N–H and O–H groups in total. The van der Waals surface area contributed by atoms with E-state index in [1.807, 2.05) is 36.4 Å². The Morgan fingerprint density at radius 2 is 1.52 bits per heavy atom. The first-order valence-corrected chi connectivity index (χ1v) is 8.95. The number of hydrogen-bond donors (Lipinski definition) is 0. The van der Waals surface area contributed by atoms with Crippen molar-refractivity contribution in [1.82, 2.24) is 0 Å². The Bertz CT molecular complexity index is 673. The number of fused-ring (bicyclic) bond motifs is 1. The van der Waals surface area contributed by atoms with Gasteiger partial charge in [0, 0.05) is 23.8 Å². The van der Waals surface area contributed by atoms with Crippen LogP contribution in [-0.2, 0) is 14.9 Å².